The predicted molar refractivity (Wildman–Crippen MR) is 135 cm³/mol. The number of benzene rings is 2. The van der Waals surface area contributed by atoms with Crippen LogP contribution >= 0.6 is 0 Å². The molecule has 2 fully saturated rings. The number of carbonyl (C=O) groups excluding carboxylic acids is 1. The lowest BCUT2D eigenvalue weighted by molar-refractivity contribution is -0.185. The van der Waals surface area contributed by atoms with E-state index in [2.05, 4.69) is 4.90 Å². The van der Waals surface area contributed by atoms with Crippen molar-refractivity contribution in [2.45, 2.75) is 89.9 Å². The summed E-state index contributed by atoms with van der Waals surface area (Å²) < 4.78 is 93.7. The highest BCUT2D eigenvalue weighted by Crippen LogP contribution is 2.45. The summed E-state index contributed by atoms with van der Waals surface area (Å²) in [6.45, 7) is 5.12. The lowest BCUT2D eigenvalue weighted by Gasteiger charge is -2.33. The summed E-state index contributed by atoms with van der Waals surface area (Å²) in [5.74, 6) is -1.99. The quantitative estimate of drug-likeness (QED) is 0.255. The van der Waals surface area contributed by atoms with Crippen LogP contribution in [0.15, 0.2) is 30.3 Å². The minimum absolute atomic E-state index is 0.0489. The van der Waals surface area contributed by atoms with Crippen molar-refractivity contribution in [3.8, 4) is 5.75 Å². The number of hydrogen-bond donors (Lipinski definition) is 0. The fourth-order valence-electron chi connectivity index (χ4n) is 5.88. The van der Waals surface area contributed by atoms with E-state index < -0.39 is 29.9 Å². The minimum Gasteiger partial charge on any atom is -0.490 e. The van der Waals surface area contributed by atoms with E-state index >= 15 is 0 Å². The van der Waals surface area contributed by atoms with Crippen LogP contribution in [-0.4, -0.2) is 42.3 Å². The largest absolute Gasteiger partial charge is 0.490 e. The highest BCUT2D eigenvalue weighted by molar-refractivity contribution is 5.91. The van der Waals surface area contributed by atoms with E-state index in [9.17, 15) is 31.1 Å². The summed E-state index contributed by atoms with van der Waals surface area (Å²) in [7, 11) is 0. The standard InChI is InChI=1S/C29H35F6NO3/c1-18(2)38-25(37)15-19-5-4-14-36(16-19)17-21-7-3-6-20-8-13-24(27(26(20)21)29(33,34)35)39-23-11-9-22(10-12-23)28(30,31)32/h3,6-8,13,18-19,22-23H,4-5,9-12,14-17H2,1-2H3/t19-,22?,23?/m1/s1. The van der Waals surface area contributed by atoms with Crippen molar-refractivity contribution in [1.82, 2.24) is 4.90 Å². The fraction of sp³-hybridized carbons (Fsp3) is 0.621. The van der Waals surface area contributed by atoms with Crippen LogP contribution in [0.25, 0.3) is 10.8 Å². The molecule has 0 bridgehead atoms. The molecular weight excluding hydrogens is 524 g/mol. The summed E-state index contributed by atoms with van der Waals surface area (Å²) in [6, 6.07) is 7.87. The minimum atomic E-state index is -4.72. The number of ether oxygens (including phenoxy) is 2. The van der Waals surface area contributed by atoms with E-state index in [0.717, 1.165) is 12.8 Å². The second-order valence-electron chi connectivity index (χ2n) is 11.1. The Balaban J connectivity index is 1.56. The van der Waals surface area contributed by atoms with Gasteiger partial charge in [-0.2, -0.15) is 26.3 Å². The third-order valence-corrected chi connectivity index (χ3v) is 7.63. The maximum atomic E-state index is 14.5. The summed E-state index contributed by atoms with van der Waals surface area (Å²) in [5.41, 5.74) is -0.390. The van der Waals surface area contributed by atoms with Gasteiger partial charge in [0.1, 0.15) is 11.3 Å². The Morgan fingerprint density at radius 1 is 1.00 bits per heavy atom. The van der Waals surface area contributed by atoms with Crippen LogP contribution in [0, 0.1) is 11.8 Å². The number of halogens is 6. The van der Waals surface area contributed by atoms with Crippen LogP contribution in [-0.2, 0) is 22.3 Å². The van der Waals surface area contributed by atoms with Gasteiger partial charge < -0.3 is 9.47 Å². The van der Waals surface area contributed by atoms with Crippen molar-refractivity contribution < 1.29 is 40.6 Å². The van der Waals surface area contributed by atoms with Crippen molar-refractivity contribution in [2.24, 2.45) is 11.8 Å². The molecule has 1 saturated carbocycles. The molecule has 39 heavy (non-hydrogen) atoms. The number of hydrogen-bond acceptors (Lipinski definition) is 4. The molecular formula is C29H35F6NO3. The normalized spacial score (nSPS) is 23.3. The van der Waals surface area contributed by atoms with E-state index in [-0.39, 0.29) is 67.8 Å². The Labute approximate surface area is 224 Å². The third-order valence-electron chi connectivity index (χ3n) is 7.63. The fourth-order valence-corrected chi connectivity index (χ4v) is 5.88. The molecule has 0 unspecified atom stereocenters. The summed E-state index contributed by atoms with van der Waals surface area (Å²) >= 11 is 0. The molecule has 0 spiro atoms. The first-order valence-corrected chi connectivity index (χ1v) is 13.6. The van der Waals surface area contributed by atoms with E-state index in [0.29, 0.717) is 24.0 Å². The van der Waals surface area contributed by atoms with Crippen molar-refractivity contribution in [2.75, 3.05) is 13.1 Å². The number of esters is 1. The van der Waals surface area contributed by atoms with Crippen LogP contribution in [0.3, 0.4) is 0 Å². The molecule has 1 aliphatic carbocycles. The number of piperidine rings is 1. The Bertz CT molecular complexity index is 1140. The molecule has 1 aliphatic heterocycles. The molecule has 2 aliphatic rings. The Hall–Kier alpha value is -2.49. The first-order chi connectivity index (χ1) is 18.3. The SMILES string of the molecule is CC(C)OC(=O)C[C@H]1CCCN(Cc2cccc3ccc(OC4CCC(C(F)(F)F)CC4)c(C(F)(F)F)c23)C1. The van der Waals surface area contributed by atoms with Gasteiger partial charge in [-0.05, 0) is 81.9 Å². The molecule has 2 aromatic carbocycles. The first-order valence-electron chi connectivity index (χ1n) is 13.6. The maximum Gasteiger partial charge on any atom is 0.420 e. The number of likely N-dealkylation sites (tertiary alicyclic amines) is 1. The average Bonchev–Trinajstić information content (AvgIpc) is 2.83. The molecule has 2 aromatic rings. The van der Waals surface area contributed by atoms with Gasteiger partial charge in [-0.15, -0.1) is 0 Å². The molecule has 0 amide bonds. The lowest BCUT2D eigenvalue weighted by Crippen LogP contribution is -2.36. The average molecular weight is 560 g/mol. The van der Waals surface area contributed by atoms with E-state index in [1.54, 1.807) is 38.1 Å². The van der Waals surface area contributed by atoms with Crippen molar-refractivity contribution in [1.29, 1.82) is 0 Å². The van der Waals surface area contributed by atoms with Crippen LogP contribution < -0.4 is 4.74 Å². The molecule has 0 N–H and O–H groups in total. The second kappa shape index (κ2) is 11.9. The van der Waals surface area contributed by atoms with Gasteiger partial charge in [-0.3, -0.25) is 9.69 Å². The number of rotatable bonds is 7. The van der Waals surface area contributed by atoms with Gasteiger partial charge >= 0.3 is 18.3 Å². The van der Waals surface area contributed by atoms with Crippen molar-refractivity contribution in [3.05, 3.63) is 41.5 Å². The maximum absolute atomic E-state index is 14.5. The van der Waals surface area contributed by atoms with Gasteiger partial charge in [0.2, 0.25) is 0 Å². The molecule has 1 heterocycles. The van der Waals surface area contributed by atoms with Crippen molar-refractivity contribution in [3.63, 3.8) is 0 Å². The number of nitrogens with zero attached hydrogens (tertiary/aromatic N) is 1. The molecule has 216 valence electrons. The van der Waals surface area contributed by atoms with E-state index in [4.69, 9.17) is 9.47 Å². The molecule has 10 heteroatoms. The molecule has 4 rings (SSSR count). The van der Waals surface area contributed by atoms with E-state index in [1.165, 1.54) is 6.07 Å². The zero-order valence-corrected chi connectivity index (χ0v) is 22.2. The van der Waals surface area contributed by atoms with E-state index in [1.807, 2.05) is 0 Å². The van der Waals surface area contributed by atoms with Crippen LogP contribution in [0.2, 0.25) is 0 Å². The Kier molecular flexibility index (Phi) is 9.03. The zero-order chi connectivity index (χ0) is 28.4. The number of fused-ring (bicyclic) bond motifs is 1. The number of carbonyl (C=O) groups is 1. The third kappa shape index (κ3) is 7.58. The van der Waals surface area contributed by atoms with Gasteiger partial charge in [0.25, 0.3) is 0 Å². The Morgan fingerprint density at radius 2 is 1.72 bits per heavy atom. The molecule has 0 aromatic heterocycles. The second-order valence-corrected chi connectivity index (χ2v) is 11.1. The highest BCUT2D eigenvalue weighted by atomic mass is 19.4. The van der Waals surface area contributed by atoms with Gasteiger partial charge in [0.05, 0.1) is 18.1 Å². The van der Waals surface area contributed by atoms with Gasteiger partial charge in [-0.1, -0.05) is 24.3 Å². The van der Waals surface area contributed by atoms with Crippen LogP contribution in [0.1, 0.15) is 69.9 Å². The van der Waals surface area contributed by atoms with Gasteiger partial charge in [-0.25, -0.2) is 0 Å². The summed E-state index contributed by atoms with van der Waals surface area (Å²) in [6.07, 6.45) is -8.20. The summed E-state index contributed by atoms with van der Waals surface area (Å²) in [5, 5.41) is 0.467. The Morgan fingerprint density at radius 3 is 2.36 bits per heavy atom. The van der Waals surface area contributed by atoms with Crippen LogP contribution in [0.4, 0.5) is 26.3 Å². The zero-order valence-electron chi connectivity index (χ0n) is 22.2. The monoisotopic (exact) mass is 559 g/mol. The highest BCUT2D eigenvalue weighted by Gasteiger charge is 2.43. The van der Waals surface area contributed by atoms with Gasteiger partial charge in [0, 0.05) is 24.9 Å². The topological polar surface area (TPSA) is 38.8 Å². The van der Waals surface area contributed by atoms with Crippen LogP contribution in [0.5, 0.6) is 5.75 Å². The molecule has 0 radical (unpaired) electrons. The first kappa shape index (κ1) is 29.5. The molecule has 1 saturated heterocycles. The van der Waals surface area contributed by atoms with Gasteiger partial charge in [0.15, 0.2) is 0 Å². The van der Waals surface area contributed by atoms with Crippen molar-refractivity contribution >= 4 is 16.7 Å². The lowest BCUT2D eigenvalue weighted by atomic mass is 9.87. The molecule has 1 atom stereocenters. The number of alkyl halides is 6. The molecule has 4 nitrogen and oxygen atoms in total. The predicted octanol–water partition coefficient (Wildman–Crippen LogP) is 7.91. The summed E-state index contributed by atoms with van der Waals surface area (Å²) in [4.78, 5) is 14.2. The smallest absolute Gasteiger partial charge is 0.420 e.